The number of benzene rings is 2. The van der Waals surface area contributed by atoms with Gasteiger partial charge in [0.15, 0.2) is 6.61 Å². The standard InChI is InChI=1S/C17H18N2O4/c1-11-3-6-15(7-12(11)2)23-10-17(22)19-18-9-13-4-5-14(20)8-16(13)21/h3-9,20-21H,10H2,1-2H3,(H,19,22). The van der Waals surface area contributed by atoms with E-state index in [-0.39, 0.29) is 18.1 Å². The highest BCUT2D eigenvalue weighted by molar-refractivity contribution is 5.85. The highest BCUT2D eigenvalue weighted by Gasteiger charge is 2.03. The second-order valence-corrected chi connectivity index (χ2v) is 5.07. The first kappa shape index (κ1) is 16.4. The maximum absolute atomic E-state index is 11.6. The highest BCUT2D eigenvalue weighted by atomic mass is 16.5. The largest absolute Gasteiger partial charge is 0.508 e. The van der Waals surface area contributed by atoms with Crippen LogP contribution in [0.2, 0.25) is 0 Å². The normalized spacial score (nSPS) is 10.7. The number of aromatic hydroxyl groups is 2. The van der Waals surface area contributed by atoms with Crippen LogP contribution in [0.15, 0.2) is 41.5 Å². The van der Waals surface area contributed by atoms with Crippen molar-refractivity contribution in [3.8, 4) is 17.2 Å². The molecule has 0 aliphatic rings. The molecule has 0 aromatic heterocycles. The van der Waals surface area contributed by atoms with Gasteiger partial charge in [-0.1, -0.05) is 6.07 Å². The zero-order valence-corrected chi connectivity index (χ0v) is 12.9. The molecule has 0 saturated carbocycles. The molecule has 0 unspecified atom stereocenters. The molecule has 0 aliphatic carbocycles. The number of carbonyl (C=O) groups is 1. The van der Waals surface area contributed by atoms with E-state index in [1.165, 1.54) is 24.4 Å². The third-order valence-corrected chi connectivity index (χ3v) is 3.26. The van der Waals surface area contributed by atoms with E-state index in [1.54, 1.807) is 6.07 Å². The van der Waals surface area contributed by atoms with Crippen molar-refractivity contribution in [3.05, 3.63) is 53.1 Å². The first-order valence-corrected chi connectivity index (χ1v) is 6.99. The minimum absolute atomic E-state index is 0.0505. The van der Waals surface area contributed by atoms with Gasteiger partial charge in [0.05, 0.1) is 6.21 Å². The van der Waals surface area contributed by atoms with E-state index in [0.29, 0.717) is 11.3 Å². The van der Waals surface area contributed by atoms with Crippen LogP contribution in [0.4, 0.5) is 0 Å². The van der Waals surface area contributed by atoms with Crippen molar-refractivity contribution in [2.45, 2.75) is 13.8 Å². The minimum atomic E-state index is -0.419. The second-order valence-electron chi connectivity index (χ2n) is 5.07. The van der Waals surface area contributed by atoms with E-state index in [2.05, 4.69) is 10.5 Å². The number of nitrogens with one attached hydrogen (secondary N) is 1. The summed E-state index contributed by atoms with van der Waals surface area (Å²) >= 11 is 0. The Morgan fingerprint density at radius 1 is 1.17 bits per heavy atom. The number of amides is 1. The Morgan fingerprint density at radius 3 is 2.65 bits per heavy atom. The topological polar surface area (TPSA) is 91.2 Å². The van der Waals surface area contributed by atoms with Gasteiger partial charge in [-0.3, -0.25) is 4.79 Å². The minimum Gasteiger partial charge on any atom is -0.508 e. The number of carbonyl (C=O) groups excluding carboxylic acids is 1. The summed E-state index contributed by atoms with van der Waals surface area (Å²) in [4.78, 5) is 11.6. The molecule has 23 heavy (non-hydrogen) atoms. The van der Waals surface area contributed by atoms with Gasteiger partial charge >= 0.3 is 0 Å². The van der Waals surface area contributed by atoms with Gasteiger partial charge in [0, 0.05) is 11.6 Å². The van der Waals surface area contributed by atoms with Gasteiger partial charge in [-0.05, 0) is 49.2 Å². The average Bonchev–Trinajstić information content (AvgIpc) is 2.50. The van der Waals surface area contributed by atoms with Gasteiger partial charge in [0.25, 0.3) is 5.91 Å². The van der Waals surface area contributed by atoms with Gasteiger partial charge in [0.2, 0.25) is 0 Å². The van der Waals surface area contributed by atoms with Crippen LogP contribution in [0.25, 0.3) is 0 Å². The van der Waals surface area contributed by atoms with Crippen LogP contribution < -0.4 is 10.2 Å². The molecule has 2 aromatic rings. The highest BCUT2D eigenvalue weighted by Crippen LogP contribution is 2.20. The van der Waals surface area contributed by atoms with Crippen LogP contribution in [0.3, 0.4) is 0 Å². The number of hydrazone groups is 1. The molecule has 0 aliphatic heterocycles. The summed E-state index contributed by atoms with van der Waals surface area (Å²) in [5.74, 6) is 0.0148. The van der Waals surface area contributed by atoms with Crippen molar-refractivity contribution < 1.29 is 19.7 Å². The van der Waals surface area contributed by atoms with E-state index in [9.17, 15) is 15.0 Å². The first-order valence-electron chi connectivity index (χ1n) is 6.99. The van der Waals surface area contributed by atoms with Crippen LogP contribution in [-0.2, 0) is 4.79 Å². The predicted molar refractivity (Wildman–Crippen MR) is 86.9 cm³/mol. The molecule has 0 fully saturated rings. The fraction of sp³-hybridized carbons (Fsp3) is 0.176. The van der Waals surface area contributed by atoms with Crippen LogP contribution in [0.5, 0.6) is 17.2 Å². The van der Waals surface area contributed by atoms with Gasteiger partial charge in [0.1, 0.15) is 17.2 Å². The third kappa shape index (κ3) is 4.74. The Morgan fingerprint density at radius 2 is 1.96 bits per heavy atom. The molecule has 1 amide bonds. The maximum Gasteiger partial charge on any atom is 0.277 e. The second kappa shape index (κ2) is 7.31. The van der Waals surface area contributed by atoms with E-state index in [0.717, 1.165) is 11.1 Å². The molecule has 6 heteroatoms. The zero-order chi connectivity index (χ0) is 16.8. The number of phenols is 2. The summed E-state index contributed by atoms with van der Waals surface area (Å²) < 4.78 is 5.38. The molecule has 0 saturated heterocycles. The summed E-state index contributed by atoms with van der Waals surface area (Å²) in [6.45, 7) is 3.80. The molecule has 0 bridgehead atoms. The zero-order valence-electron chi connectivity index (χ0n) is 12.9. The molecule has 6 nitrogen and oxygen atoms in total. The van der Waals surface area contributed by atoms with Crippen molar-refractivity contribution >= 4 is 12.1 Å². The fourth-order valence-corrected chi connectivity index (χ4v) is 1.80. The number of rotatable bonds is 5. The number of aryl methyl sites for hydroxylation is 2. The molecule has 0 radical (unpaired) electrons. The quantitative estimate of drug-likeness (QED) is 0.583. The van der Waals surface area contributed by atoms with Crippen molar-refractivity contribution in [2.24, 2.45) is 5.10 Å². The Balaban J connectivity index is 1.85. The van der Waals surface area contributed by atoms with Crippen LogP contribution in [0, 0.1) is 13.8 Å². The maximum atomic E-state index is 11.6. The number of nitrogens with zero attached hydrogens (tertiary/aromatic N) is 1. The molecular weight excluding hydrogens is 296 g/mol. The summed E-state index contributed by atoms with van der Waals surface area (Å²) in [6, 6.07) is 9.66. The van der Waals surface area contributed by atoms with E-state index in [1.807, 2.05) is 26.0 Å². The summed E-state index contributed by atoms with van der Waals surface area (Å²) in [5.41, 5.74) is 4.91. The van der Waals surface area contributed by atoms with Gasteiger partial charge in [-0.2, -0.15) is 5.10 Å². The van der Waals surface area contributed by atoms with E-state index in [4.69, 9.17) is 4.74 Å². The molecular formula is C17H18N2O4. The van der Waals surface area contributed by atoms with Crippen LogP contribution in [-0.4, -0.2) is 28.9 Å². The number of hydrogen-bond donors (Lipinski definition) is 3. The Labute approximate surface area is 134 Å². The lowest BCUT2D eigenvalue weighted by atomic mass is 10.1. The Bertz CT molecular complexity index is 741. The average molecular weight is 314 g/mol. The van der Waals surface area contributed by atoms with Crippen molar-refractivity contribution in [1.82, 2.24) is 5.43 Å². The molecule has 120 valence electrons. The Kier molecular flexibility index (Phi) is 5.19. The Hall–Kier alpha value is -3.02. The van der Waals surface area contributed by atoms with Crippen LogP contribution in [0.1, 0.15) is 16.7 Å². The van der Waals surface area contributed by atoms with Gasteiger partial charge in [-0.25, -0.2) is 5.43 Å². The monoisotopic (exact) mass is 314 g/mol. The molecule has 2 aromatic carbocycles. The van der Waals surface area contributed by atoms with Crippen molar-refractivity contribution in [1.29, 1.82) is 0 Å². The smallest absolute Gasteiger partial charge is 0.277 e. The molecule has 0 atom stereocenters. The van der Waals surface area contributed by atoms with E-state index >= 15 is 0 Å². The lowest BCUT2D eigenvalue weighted by molar-refractivity contribution is -0.123. The summed E-state index contributed by atoms with van der Waals surface area (Å²) in [5, 5.41) is 22.5. The summed E-state index contributed by atoms with van der Waals surface area (Å²) in [6.07, 6.45) is 1.28. The number of phenolic OH excluding ortho intramolecular Hbond substituents is 2. The number of ether oxygens (including phenoxy) is 1. The lowest BCUT2D eigenvalue weighted by Gasteiger charge is -2.07. The van der Waals surface area contributed by atoms with Crippen molar-refractivity contribution in [3.63, 3.8) is 0 Å². The third-order valence-electron chi connectivity index (χ3n) is 3.26. The molecule has 0 heterocycles. The molecule has 3 N–H and O–H groups in total. The van der Waals surface area contributed by atoms with Crippen LogP contribution >= 0.6 is 0 Å². The lowest BCUT2D eigenvalue weighted by Crippen LogP contribution is -2.24. The predicted octanol–water partition coefficient (Wildman–Crippen LogP) is 2.24. The molecule has 0 spiro atoms. The summed E-state index contributed by atoms with van der Waals surface area (Å²) in [7, 11) is 0. The SMILES string of the molecule is Cc1ccc(OCC(=O)NN=Cc2ccc(O)cc2O)cc1C. The van der Waals surface area contributed by atoms with Crippen molar-refractivity contribution in [2.75, 3.05) is 6.61 Å². The first-order chi connectivity index (χ1) is 11.0. The van der Waals surface area contributed by atoms with Gasteiger partial charge < -0.3 is 14.9 Å². The van der Waals surface area contributed by atoms with E-state index < -0.39 is 5.91 Å². The fourth-order valence-electron chi connectivity index (χ4n) is 1.80. The number of hydrogen-bond acceptors (Lipinski definition) is 5. The van der Waals surface area contributed by atoms with Gasteiger partial charge in [-0.15, -0.1) is 0 Å². The molecule has 2 rings (SSSR count).